The number of rotatable bonds is 4. The van der Waals surface area contributed by atoms with Gasteiger partial charge in [0.15, 0.2) is 0 Å². The van der Waals surface area contributed by atoms with Crippen LogP contribution in [0.2, 0.25) is 0 Å². The van der Waals surface area contributed by atoms with Crippen LogP contribution in [0, 0.1) is 5.41 Å². The van der Waals surface area contributed by atoms with E-state index in [1.54, 1.807) is 0 Å². The molecule has 16 heavy (non-hydrogen) atoms. The highest BCUT2D eigenvalue weighted by atomic mass is 16.3. The minimum absolute atomic E-state index is 0.00110. The molecule has 0 aliphatic heterocycles. The predicted octanol–water partition coefficient (Wildman–Crippen LogP) is 2.28. The predicted molar refractivity (Wildman–Crippen MR) is 65.4 cm³/mol. The van der Waals surface area contributed by atoms with Crippen LogP contribution in [0.15, 0.2) is 17.6 Å². The van der Waals surface area contributed by atoms with Crippen LogP contribution in [-0.4, -0.2) is 14.2 Å². The number of aromatic hydroxyl groups is 1. The van der Waals surface area contributed by atoms with Crippen LogP contribution in [0.3, 0.4) is 0 Å². The van der Waals surface area contributed by atoms with Crippen molar-refractivity contribution in [3.63, 3.8) is 0 Å². The first-order valence-electron chi connectivity index (χ1n) is 5.48. The standard InChI is InChI=1S/C12H20N2O2/c1-5-13-9-10(15)14(11(13)16)8-6-7-12(2,3)4/h5,9,15H,1,6-8H2,2-4H3. The molecule has 90 valence electrons. The lowest BCUT2D eigenvalue weighted by molar-refractivity contribution is 0.340. The van der Waals surface area contributed by atoms with Crippen LogP contribution in [0.1, 0.15) is 33.6 Å². The van der Waals surface area contributed by atoms with Gasteiger partial charge >= 0.3 is 5.69 Å². The Morgan fingerprint density at radius 3 is 2.56 bits per heavy atom. The molecule has 0 saturated heterocycles. The van der Waals surface area contributed by atoms with E-state index in [1.807, 2.05) is 0 Å². The molecule has 0 saturated carbocycles. The van der Waals surface area contributed by atoms with Crippen LogP contribution < -0.4 is 5.69 Å². The van der Waals surface area contributed by atoms with Gasteiger partial charge < -0.3 is 5.11 Å². The summed E-state index contributed by atoms with van der Waals surface area (Å²) in [5.74, 6) is -0.00110. The van der Waals surface area contributed by atoms with Gasteiger partial charge in [0.2, 0.25) is 5.88 Å². The smallest absolute Gasteiger partial charge is 0.335 e. The number of hydrogen-bond acceptors (Lipinski definition) is 2. The molecule has 0 radical (unpaired) electrons. The van der Waals surface area contributed by atoms with Crippen molar-refractivity contribution < 1.29 is 5.11 Å². The molecule has 0 aromatic carbocycles. The van der Waals surface area contributed by atoms with E-state index < -0.39 is 0 Å². The molecule has 0 unspecified atom stereocenters. The van der Waals surface area contributed by atoms with E-state index in [1.165, 1.54) is 21.5 Å². The fraction of sp³-hybridized carbons (Fsp3) is 0.583. The Bertz CT molecular complexity index is 421. The van der Waals surface area contributed by atoms with Crippen molar-refractivity contribution in [1.29, 1.82) is 0 Å². The van der Waals surface area contributed by atoms with E-state index in [4.69, 9.17) is 0 Å². The van der Waals surface area contributed by atoms with Gasteiger partial charge in [-0.05, 0) is 18.3 Å². The molecule has 1 N–H and O–H groups in total. The van der Waals surface area contributed by atoms with Gasteiger partial charge in [-0.15, -0.1) is 0 Å². The maximum atomic E-state index is 11.7. The molecule has 0 fully saturated rings. The molecule has 4 nitrogen and oxygen atoms in total. The number of hydrogen-bond donors (Lipinski definition) is 1. The average molecular weight is 224 g/mol. The van der Waals surface area contributed by atoms with Gasteiger partial charge in [-0.25, -0.2) is 4.79 Å². The summed E-state index contributed by atoms with van der Waals surface area (Å²) < 4.78 is 2.65. The number of nitrogens with zero attached hydrogens (tertiary/aromatic N) is 2. The summed E-state index contributed by atoms with van der Waals surface area (Å²) in [7, 11) is 0. The Kier molecular flexibility index (Phi) is 3.62. The Labute approximate surface area is 95.8 Å². The second-order valence-corrected chi connectivity index (χ2v) is 5.18. The molecule has 0 aliphatic carbocycles. The van der Waals surface area contributed by atoms with Crippen LogP contribution in [0.25, 0.3) is 6.20 Å². The first-order chi connectivity index (χ1) is 7.35. The minimum Gasteiger partial charge on any atom is -0.493 e. The average Bonchev–Trinajstić information content (AvgIpc) is 2.42. The summed E-state index contributed by atoms with van der Waals surface area (Å²) in [5.41, 5.74) is 0.0154. The quantitative estimate of drug-likeness (QED) is 0.853. The largest absolute Gasteiger partial charge is 0.493 e. The summed E-state index contributed by atoms with van der Waals surface area (Å²) in [5, 5.41) is 9.57. The van der Waals surface area contributed by atoms with Crippen molar-refractivity contribution in [2.75, 3.05) is 0 Å². The lowest BCUT2D eigenvalue weighted by Gasteiger charge is -2.17. The third-order valence-electron chi connectivity index (χ3n) is 2.49. The van der Waals surface area contributed by atoms with Gasteiger partial charge in [0.1, 0.15) is 0 Å². The molecular formula is C12H20N2O2. The van der Waals surface area contributed by atoms with Crippen LogP contribution in [0.4, 0.5) is 0 Å². The van der Waals surface area contributed by atoms with Gasteiger partial charge in [-0.1, -0.05) is 27.4 Å². The van der Waals surface area contributed by atoms with E-state index in [2.05, 4.69) is 27.4 Å². The van der Waals surface area contributed by atoms with Gasteiger partial charge in [-0.2, -0.15) is 0 Å². The van der Waals surface area contributed by atoms with Gasteiger partial charge in [0.25, 0.3) is 0 Å². The lowest BCUT2D eigenvalue weighted by Crippen LogP contribution is -2.22. The van der Waals surface area contributed by atoms with Crippen LogP contribution in [-0.2, 0) is 6.54 Å². The summed E-state index contributed by atoms with van der Waals surface area (Å²) >= 11 is 0. The molecule has 0 amide bonds. The third-order valence-corrected chi connectivity index (χ3v) is 2.49. The van der Waals surface area contributed by atoms with Crippen LogP contribution in [0.5, 0.6) is 5.88 Å². The second kappa shape index (κ2) is 4.60. The molecule has 0 bridgehead atoms. The molecule has 0 spiro atoms. The van der Waals surface area contributed by atoms with E-state index in [-0.39, 0.29) is 17.0 Å². The highest BCUT2D eigenvalue weighted by molar-refractivity contribution is 5.21. The third kappa shape index (κ3) is 3.02. The molecule has 1 aromatic rings. The summed E-state index contributed by atoms with van der Waals surface area (Å²) in [6.45, 7) is 10.5. The molecule has 4 heteroatoms. The lowest BCUT2D eigenvalue weighted by atomic mass is 9.91. The SMILES string of the molecule is C=Cn1cc(O)n(CCCC(C)(C)C)c1=O. The van der Waals surface area contributed by atoms with Gasteiger partial charge in [0, 0.05) is 12.7 Å². The zero-order chi connectivity index (χ0) is 12.3. The molecule has 0 atom stereocenters. The van der Waals surface area contributed by atoms with Crippen molar-refractivity contribution in [1.82, 2.24) is 9.13 Å². The summed E-state index contributed by atoms with van der Waals surface area (Å²) in [6, 6.07) is 0. The zero-order valence-corrected chi connectivity index (χ0v) is 10.2. The minimum atomic E-state index is -0.235. The monoisotopic (exact) mass is 224 g/mol. The van der Waals surface area contributed by atoms with Crippen molar-refractivity contribution in [3.8, 4) is 5.88 Å². The first kappa shape index (κ1) is 12.6. The maximum absolute atomic E-state index is 11.7. The van der Waals surface area contributed by atoms with Gasteiger partial charge in [-0.3, -0.25) is 9.13 Å². The van der Waals surface area contributed by atoms with E-state index in [9.17, 15) is 9.90 Å². The van der Waals surface area contributed by atoms with Crippen molar-refractivity contribution in [3.05, 3.63) is 23.3 Å². The number of aromatic nitrogens is 2. The van der Waals surface area contributed by atoms with Gasteiger partial charge in [0.05, 0.1) is 6.20 Å². The second-order valence-electron chi connectivity index (χ2n) is 5.18. The molecule has 1 rings (SSSR count). The van der Waals surface area contributed by atoms with E-state index in [0.717, 1.165) is 12.8 Å². The summed E-state index contributed by atoms with van der Waals surface area (Å²) in [4.78, 5) is 11.7. The van der Waals surface area contributed by atoms with E-state index >= 15 is 0 Å². The normalized spacial score (nSPS) is 11.7. The summed E-state index contributed by atoms with van der Waals surface area (Å²) in [6.07, 6.45) is 4.66. The highest BCUT2D eigenvalue weighted by Gasteiger charge is 2.12. The molecule has 0 aliphatic rings. The zero-order valence-electron chi connectivity index (χ0n) is 10.2. The Morgan fingerprint density at radius 1 is 1.50 bits per heavy atom. The topological polar surface area (TPSA) is 47.2 Å². The first-order valence-corrected chi connectivity index (χ1v) is 5.48. The number of imidazole rings is 1. The van der Waals surface area contributed by atoms with Crippen molar-refractivity contribution in [2.24, 2.45) is 5.41 Å². The van der Waals surface area contributed by atoms with Crippen molar-refractivity contribution in [2.45, 2.75) is 40.2 Å². The fourth-order valence-corrected chi connectivity index (χ4v) is 1.60. The Hall–Kier alpha value is -1.45. The Balaban J connectivity index is 2.71. The van der Waals surface area contributed by atoms with Crippen LogP contribution >= 0.6 is 0 Å². The maximum Gasteiger partial charge on any atom is 0.335 e. The Morgan fingerprint density at radius 2 is 2.12 bits per heavy atom. The molecular weight excluding hydrogens is 204 g/mol. The molecule has 1 aromatic heterocycles. The van der Waals surface area contributed by atoms with E-state index in [0.29, 0.717) is 6.54 Å². The van der Waals surface area contributed by atoms with Crippen molar-refractivity contribution >= 4 is 6.20 Å². The highest BCUT2D eigenvalue weighted by Crippen LogP contribution is 2.21. The fourth-order valence-electron chi connectivity index (χ4n) is 1.60. The molecule has 1 heterocycles.